The van der Waals surface area contributed by atoms with E-state index < -0.39 is 5.97 Å². The van der Waals surface area contributed by atoms with Crippen LogP contribution < -0.4 is 5.32 Å². The molecule has 0 aliphatic heterocycles. The molecule has 7 rings (SSSR count). The maximum atomic E-state index is 13.7. The summed E-state index contributed by atoms with van der Waals surface area (Å²) in [6.07, 6.45) is 11.5. The quantitative estimate of drug-likeness (QED) is 0.101. The molecule has 3 heterocycles. The molecule has 0 spiro atoms. The Bertz CT molecular complexity index is 2420. The van der Waals surface area contributed by atoms with Gasteiger partial charge in [-0.2, -0.15) is 5.10 Å². The molecule has 0 saturated heterocycles. The number of allylic oxidation sites excluding steroid dienone is 2. The molecule has 0 radical (unpaired) electrons. The van der Waals surface area contributed by atoms with Crippen LogP contribution in [0.5, 0.6) is 0 Å². The lowest BCUT2D eigenvalue weighted by atomic mass is 9.47. The zero-order valence-corrected chi connectivity index (χ0v) is 36.3. The first-order chi connectivity index (χ1) is 27.2. The number of rotatable bonds is 11. The van der Waals surface area contributed by atoms with Gasteiger partial charge in [0.05, 0.1) is 33.3 Å². The van der Waals surface area contributed by atoms with E-state index in [4.69, 9.17) is 14.8 Å². The van der Waals surface area contributed by atoms with E-state index in [-0.39, 0.29) is 39.0 Å². The number of anilines is 1. The van der Waals surface area contributed by atoms with Crippen molar-refractivity contribution in [3.63, 3.8) is 0 Å². The van der Waals surface area contributed by atoms with Gasteiger partial charge >= 0.3 is 5.97 Å². The van der Waals surface area contributed by atoms with E-state index in [1.807, 2.05) is 68.4 Å². The molecule has 4 atom stereocenters. The van der Waals surface area contributed by atoms with E-state index in [9.17, 15) is 14.7 Å². The summed E-state index contributed by atoms with van der Waals surface area (Å²) in [5, 5.41) is 18.9. The van der Waals surface area contributed by atoms with Gasteiger partial charge in [0.2, 0.25) is 0 Å². The predicted octanol–water partition coefficient (Wildman–Crippen LogP) is 11.7. The summed E-state index contributed by atoms with van der Waals surface area (Å²) in [6, 6.07) is 17.1. The molecule has 2 fully saturated rings. The Morgan fingerprint density at radius 2 is 1.69 bits per heavy atom. The van der Waals surface area contributed by atoms with E-state index in [2.05, 4.69) is 70.0 Å². The van der Waals surface area contributed by atoms with Gasteiger partial charge in [-0.25, -0.2) is 14.8 Å². The lowest BCUT2D eigenvalue weighted by molar-refractivity contribution is -0.234. The van der Waals surface area contributed by atoms with Crippen LogP contribution in [-0.2, 0) is 16.1 Å². The van der Waals surface area contributed by atoms with Crippen molar-refractivity contribution in [2.45, 2.75) is 119 Å². The Morgan fingerprint density at radius 3 is 2.38 bits per heavy atom. The number of benzene rings is 2. The molecule has 304 valence electrons. The number of hydrogen-bond acceptors (Lipinski definition) is 7. The summed E-state index contributed by atoms with van der Waals surface area (Å²) >= 11 is 1.41. The Kier molecular flexibility index (Phi) is 10.7. The number of amides is 1. The van der Waals surface area contributed by atoms with E-state index in [1.165, 1.54) is 17.8 Å². The first-order valence-electron chi connectivity index (χ1n) is 20.3. The highest BCUT2D eigenvalue weighted by molar-refractivity contribution is 7.22. The van der Waals surface area contributed by atoms with Crippen molar-refractivity contribution < 1.29 is 19.4 Å². The average molecular weight is 800 g/mol. The number of fused-ring (bicyclic) bond motifs is 3. The lowest BCUT2D eigenvalue weighted by Gasteiger charge is -2.63. The van der Waals surface area contributed by atoms with Crippen LogP contribution in [0.2, 0.25) is 0 Å². The fraction of sp³-hybridized carbons (Fsp3) is 0.438. The molecule has 2 aliphatic carbocycles. The van der Waals surface area contributed by atoms with Crippen LogP contribution in [0.15, 0.2) is 79.5 Å². The number of carbonyl (C=O) groups excluding carboxylic acids is 1. The number of aromatic nitrogens is 4. The molecule has 2 saturated carbocycles. The van der Waals surface area contributed by atoms with Gasteiger partial charge in [0.25, 0.3) is 5.91 Å². The number of nitrogens with one attached hydrogen (secondary N) is 1. The topological polar surface area (TPSA) is 119 Å². The number of hydrogen-bond donors (Lipinski definition) is 2. The van der Waals surface area contributed by atoms with E-state index >= 15 is 0 Å². The number of thiazole rings is 1. The second-order valence-electron chi connectivity index (χ2n) is 19.1. The number of carboxylic acid groups (broad SMARTS) is 1. The summed E-state index contributed by atoms with van der Waals surface area (Å²) in [6.45, 7) is 24.6. The van der Waals surface area contributed by atoms with Crippen molar-refractivity contribution >= 4 is 44.1 Å². The van der Waals surface area contributed by atoms with Crippen LogP contribution >= 0.6 is 11.3 Å². The van der Waals surface area contributed by atoms with Gasteiger partial charge in [-0.05, 0) is 131 Å². The molecule has 2 aromatic carbocycles. The number of carboxylic acids is 1. The van der Waals surface area contributed by atoms with Crippen LogP contribution in [0.25, 0.3) is 38.2 Å². The van der Waals surface area contributed by atoms with Crippen LogP contribution in [-0.4, -0.2) is 47.9 Å². The highest BCUT2D eigenvalue weighted by Crippen LogP contribution is 2.64. The molecular weight excluding hydrogens is 743 g/mol. The van der Waals surface area contributed by atoms with E-state index in [0.29, 0.717) is 39.6 Å². The fourth-order valence-electron chi connectivity index (χ4n) is 10.8. The fourth-order valence-corrected chi connectivity index (χ4v) is 11.7. The number of carbonyl (C=O) groups is 2. The maximum absolute atomic E-state index is 13.7. The monoisotopic (exact) mass is 799 g/mol. The highest BCUT2D eigenvalue weighted by atomic mass is 32.1. The van der Waals surface area contributed by atoms with Crippen molar-refractivity contribution in [3.8, 4) is 22.4 Å². The summed E-state index contributed by atoms with van der Waals surface area (Å²) in [7, 11) is 0. The third kappa shape index (κ3) is 8.32. The number of nitrogens with zero attached hydrogens (tertiary/aromatic N) is 4. The standard InChI is InChI=1S/C48H57N5O4S/c1-11-15-34(41(54)52-43-51-38-16-13-14-17-39(38)58-43)35-22-32(19-18-30(35)3)37-21-20-33(40(50-37)42(55)56)36-23-49-53(31(36)4)29-47(10)25-46(9)24-45(8,12-2)26-48(27-46,28-47)57-44(5,6)7/h11,13-23H,1,12,24-29H2,2-10H3,(H,55,56)(H,51,52,54)/b34-15+. The number of ether oxygens (including phenoxy) is 1. The smallest absolute Gasteiger partial charge is 0.355 e. The zero-order valence-electron chi connectivity index (χ0n) is 35.5. The first kappa shape index (κ1) is 41.2. The van der Waals surface area contributed by atoms with Crippen molar-refractivity contribution in [1.82, 2.24) is 19.7 Å². The van der Waals surface area contributed by atoms with E-state index in [0.717, 1.165) is 59.1 Å². The third-order valence-electron chi connectivity index (χ3n) is 12.2. The SMILES string of the molecule is C=C/C=C(/C(=O)Nc1nc2ccccc2s1)c1cc(-c2ccc(-c3cnn(CC4(C)CC5(C)CC(C)(CC)CC(OC(C)(C)C)(C4)C5)c3C)c(C(=O)O)n2)ccc1C. The lowest BCUT2D eigenvalue weighted by Crippen LogP contribution is -2.59. The largest absolute Gasteiger partial charge is 0.476 e. The van der Waals surface area contributed by atoms with Gasteiger partial charge in [-0.1, -0.05) is 82.4 Å². The second-order valence-corrected chi connectivity index (χ2v) is 20.1. The third-order valence-corrected chi connectivity index (χ3v) is 13.2. The zero-order chi connectivity index (χ0) is 41.8. The van der Waals surface area contributed by atoms with Crippen LogP contribution in [0, 0.1) is 30.1 Å². The predicted molar refractivity (Wildman–Crippen MR) is 235 cm³/mol. The highest BCUT2D eigenvalue weighted by Gasteiger charge is 2.59. The summed E-state index contributed by atoms with van der Waals surface area (Å²) in [5.74, 6) is -1.45. The summed E-state index contributed by atoms with van der Waals surface area (Å²) in [5.41, 5.74) is 5.85. The van der Waals surface area contributed by atoms with Gasteiger partial charge in [0.15, 0.2) is 10.8 Å². The van der Waals surface area contributed by atoms with Gasteiger partial charge < -0.3 is 9.84 Å². The Labute approximate surface area is 346 Å². The van der Waals surface area contributed by atoms with Crippen molar-refractivity contribution in [2.75, 3.05) is 5.32 Å². The van der Waals surface area contributed by atoms with Crippen molar-refractivity contribution in [2.24, 2.45) is 16.2 Å². The minimum absolute atomic E-state index is 0.0555. The van der Waals surface area contributed by atoms with Gasteiger partial charge in [0.1, 0.15) is 0 Å². The molecule has 4 unspecified atom stereocenters. The Balaban J connectivity index is 1.17. The van der Waals surface area contributed by atoms with Crippen LogP contribution in [0.3, 0.4) is 0 Å². The molecule has 2 aliphatic rings. The Hall–Kier alpha value is -4.93. The van der Waals surface area contributed by atoms with Gasteiger partial charge in [-0.3, -0.25) is 14.8 Å². The second kappa shape index (κ2) is 15.0. The van der Waals surface area contributed by atoms with Crippen LogP contribution in [0.1, 0.15) is 114 Å². The number of pyridine rings is 1. The minimum Gasteiger partial charge on any atom is -0.476 e. The molecule has 2 N–H and O–H groups in total. The number of aromatic carboxylic acids is 1. The maximum Gasteiger partial charge on any atom is 0.355 e. The molecule has 3 aromatic heterocycles. The molecule has 1 amide bonds. The van der Waals surface area contributed by atoms with Gasteiger partial charge in [-0.15, -0.1) is 0 Å². The Morgan fingerprint density at radius 1 is 0.966 bits per heavy atom. The normalized spacial score (nSPS) is 24.8. The first-order valence-corrected chi connectivity index (χ1v) is 21.2. The van der Waals surface area contributed by atoms with Crippen molar-refractivity contribution in [1.29, 1.82) is 0 Å². The number of aryl methyl sites for hydroxylation is 1. The molecule has 10 heteroatoms. The summed E-state index contributed by atoms with van der Waals surface area (Å²) < 4.78 is 10.1. The van der Waals surface area contributed by atoms with E-state index in [1.54, 1.807) is 18.3 Å². The molecular formula is C48H57N5O4S. The number of para-hydroxylation sites is 1. The molecule has 2 bridgehead atoms. The molecule has 9 nitrogen and oxygen atoms in total. The average Bonchev–Trinajstić information content (AvgIpc) is 3.70. The van der Waals surface area contributed by atoms with Crippen LogP contribution in [0.4, 0.5) is 5.13 Å². The van der Waals surface area contributed by atoms with Gasteiger partial charge in [0, 0.05) is 34.5 Å². The summed E-state index contributed by atoms with van der Waals surface area (Å²) in [4.78, 5) is 35.9. The minimum atomic E-state index is -1.13. The molecule has 5 aromatic rings. The van der Waals surface area contributed by atoms with Crippen molar-refractivity contribution in [3.05, 3.63) is 102 Å². The molecule has 58 heavy (non-hydrogen) atoms.